The van der Waals surface area contributed by atoms with E-state index in [2.05, 4.69) is 38.1 Å². The predicted molar refractivity (Wildman–Crippen MR) is 115 cm³/mol. The Labute approximate surface area is 166 Å². The molecular weight excluding hydrogens is 348 g/mol. The second-order valence-electron chi connectivity index (χ2n) is 8.13. The van der Waals surface area contributed by atoms with E-state index in [4.69, 9.17) is 21.0 Å². The Morgan fingerprint density at radius 2 is 1.86 bits per heavy atom. The van der Waals surface area contributed by atoms with Gasteiger partial charge in [0.1, 0.15) is 11.5 Å². The number of nitrogens with two attached hydrogens (primary N) is 2. The van der Waals surface area contributed by atoms with Gasteiger partial charge in [0.15, 0.2) is 0 Å². The summed E-state index contributed by atoms with van der Waals surface area (Å²) >= 11 is 0. The van der Waals surface area contributed by atoms with Crippen LogP contribution >= 0.6 is 0 Å². The van der Waals surface area contributed by atoms with E-state index >= 15 is 0 Å². The molecule has 5 heteroatoms. The lowest BCUT2D eigenvalue weighted by Gasteiger charge is -2.24. The molecule has 4 rings (SSSR count). The first-order valence-electron chi connectivity index (χ1n) is 9.90. The minimum Gasteiger partial charge on any atom is -0.440 e. The molecule has 3 aromatic rings. The minimum atomic E-state index is 0.158. The van der Waals surface area contributed by atoms with Crippen molar-refractivity contribution >= 4 is 11.4 Å². The van der Waals surface area contributed by atoms with Crippen molar-refractivity contribution in [1.29, 1.82) is 0 Å². The Bertz CT molecular complexity index is 1010. The summed E-state index contributed by atoms with van der Waals surface area (Å²) in [6, 6.07) is 14.4. The van der Waals surface area contributed by atoms with Crippen LogP contribution in [-0.2, 0) is 0 Å². The number of nitrogens with zero attached hydrogens (tertiary/aromatic N) is 2. The maximum absolute atomic E-state index is 6.28. The summed E-state index contributed by atoms with van der Waals surface area (Å²) in [4.78, 5) is 4.89. The van der Waals surface area contributed by atoms with Crippen LogP contribution in [0, 0.1) is 0 Å². The Balaban J connectivity index is 1.79. The van der Waals surface area contributed by atoms with Gasteiger partial charge in [-0.2, -0.15) is 0 Å². The van der Waals surface area contributed by atoms with Crippen molar-refractivity contribution in [3.8, 4) is 22.7 Å². The Morgan fingerprint density at radius 3 is 2.57 bits per heavy atom. The SMILES string of the molecule is CC1CC(C)c2oc(-c3ccc(N(N)C(C)C)c(N)c3)nc2-c2ccccc21. The summed E-state index contributed by atoms with van der Waals surface area (Å²) in [5, 5.41) is 1.67. The van der Waals surface area contributed by atoms with Gasteiger partial charge in [-0.05, 0) is 49.9 Å². The Kier molecular flexibility index (Phi) is 4.63. The third-order valence-electron chi connectivity index (χ3n) is 5.66. The van der Waals surface area contributed by atoms with E-state index in [1.54, 1.807) is 5.01 Å². The molecule has 4 N–H and O–H groups in total. The molecule has 146 valence electrons. The summed E-state index contributed by atoms with van der Waals surface area (Å²) in [6.07, 6.45) is 1.04. The first kappa shape index (κ1) is 18.6. The van der Waals surface area contributed by atoms with Crippen LogP contribution in [0.2, 0.25) is 0 Å². The molecule has 1 aliphatic carbocycles. The molecule has 1 aromatic heterocycles. The maximum Gasteiger partial charge on any atom is 0.226 e. The molecule has 5 nitrogen and oxygen atoms in total. The lowest BCUT2D eigenvalue weighted by atomic mass is 9.91. The largest absolute Gasteiger partial charge is 0.440 e. The van der Waals surface area contributed by atoms with E-state index < -0.39 is 0 Å². The molecule has 0 spiro atoms. The molecule has 2 atom stereocenters. The van der Waals surface area contributed by atoms with Crippen molar-refractivity contribution in [3.63, 3.8) is 0 Å². The molecule has 0 saturated carbocycles. The molecule has 2 aromatic carbocycles. The summed E-state index contributed by atoms with van der Waals surface area (Å²) in [5.41, 5.74) is 12.0. The quantitative estimate of drug-likeness (QED) is 0.369. The van der Waals surface area contributed by atoms with Crippen molar-refractivity contribution < 1.29 is 4.42 Å². The predicted octanol–water partition coefficient (Wildman–Crippen LogP) is 5.29. The highest BCUT2D eigenvalue weighted by molar-refractivity contribution is 5.76. The third-order valence-corrected chi connectivity index (χ3v) is 5.66. The van der Waals surface area contributed by atoms with E-state index in [-0.39, 0.29) is 6.04 Å². The fourth-order valence-corrected chi connectivity index (χ4v) is 4.09. The highest BCUT2D eigenvalue weighted by atomic mass is 16.4. The van der Waals surface area contributed by atoms with Gasteiger partial charge in [-0.15, -0.1) is 0 Å². The highest BCUT2D eigenvalue weighted by Crippen LogP contribution is 2.44. The first-order chi connectivity index (χ1) is 13.4. The van der Waals surface area contributed by atoms with Crippen molar-refractivity contribution in [2.75, 3.05) is 10.7 Å². The molecular formula is C23H28N4O. The fourth-order valence-electron chi connectivity index (χ4n) is 4.09. The number of anilines is 2. The van der Waals surface area contributed by atoms with Crippen LogP contribution in [-0.4, -0.2) is 11.0 Å². The van der Waals surface area contributed by atoms with Crippen molar-refractivity contribution in [2.45, 2.75) is 52.0 Å². The number of aromatic nitrogens is 1. The van der Waals surface area contributed by atoms with Gasteiger partial charge in [-0.3, -0.25) is 0 Å². The molecule has 1 aliphatic rings. The smallest absolute Gasteiger partial charge is 0.226 e. The molecule has 0 saturated heterocycles. The fraction of sp³-hybridized carbons (Fsp3) is 0.348. The number of nitrogen functional groups attached to an aromatic ring is 1. The number of rotatable bonds is 3. The number of benzene rings is 2. The zero-order valence-electron chi connectivity index (χ0n) is 16.9. The van der Waals surface area contributed by atoms with Crippen LogP contribution in [0.15, 0.2) is 46.9 Å². The monoisotopic (exact) mass is 376 g/mol. The Hall–Kier alpha value is -2.79. The molecule has 1 heterocycles. The van der Waals surface area contributed by atoms with Gasteiger partial charge in [0.05, 0.1) is 11.4 Å². The van der Waals surface area contributed by atoms with Crippen molar-refractivity contribution in [1.82, 2.24) is 4.98 Å². The topological polar surface area (TPSA) is 81.3 Å². The molecule has 0 amide bonds. The lowest BCUT2D eigenvalue weighted by Crippen LogP contribution is -2.37. The van der Waals surface area contributed by atoms with Gasteiger partial charge >= 0.3 is 0 Å². The average molecular weight is 377 g/mol. The number of fused-ring (bicyclic) bond motifs is 3. The molecule has 0 bridgehead atoms. The van der Waals surface area contributed by atoms with Crippen LogP contribution < -0.4 is 16.6 Å². The van der Waals surface area contributed by atoms with Crippen LogP contribution in [0.3, 0.4) is 0 Å². The summed E-state index contributed by atoms with van der Waals surface area (Å²) < 4.78 is 6.28. The zero-order chi connectivity index (χ0) is 20.0. The standard InChI is InChI=1S/C23H28N4O/c1-13(2)27(25)20-10-9-16(12-19(20)24)23-26-21-18-8-6-5-7-17(18)14(3)11-15(4)22(21)28-23/h5-10,12-15H,11,24-25H2,1-4H3. The van der Waals surface area contributed by atoms with Gasteiger partial charge in [0.2, 0.25) is 5.89 Å². The summed E-state index contributed by atoms with van der Waals surface area (Å²) in [7, 11) is 0. The summed E-state index contributed by atoms with van der Waals surface area (Å²) in [6.45, 7) is 8.54. The Morgan fingerprint density at radius 1 is 1.11 bits per heavy atom. The molecule has 0 fully saturated rings. The second-order valence-corrected chi connectivity index (χ2v) is 8.13. The third kappa shape index (κ3) is 3.06. The number of hydrogen-bond donors (Lipinski definition) is 2. The van der Waals surface area contributed by atoms with Crippen LogP contribution in [0.5, 0.6) is 0 Å². The molecule has 0 aliphatic heterocycles. The van der Waals surface area contributed by atoms with Crippen LogP contribution in [0.25, 0.3) is 22.7 Å². The number of oxazole rings is 1. The van der Waals surface area contributed by atoms with Crippen molar-refractivity contribution in [2.24, 2.45) is 5.84 Å². The van der Waals surface area contributed by atoms with E-state index in [9.17, 15) is 0 Å². The maximum atomic E-state index is 6.28. The van der Waals surface area contributed by atoms with E-state index in [0.717, 1.165) is 29.1 Å². The normalized spacial score (nSPS) is 18.5. The summed E-state index contributed by atoms with van der Waals surface area (Å²) in [5.74, 6) is 8.46. The van der Waals surface area contributed by atoms with Gasteiger partial charge < -0.3 is 15.2 Å². The van der Waals surface area contributed by atoms with Gasteiger partial charge in [-0.25, -0.2) is 10.8 Å². The molecule has 0 radical (unpaired) electrons. The van der Waals surface area contributed by atoms with E-state index in [1.807, 2.05) is 32.0 Å². The lowest BCUT2D eigenvalue weighted by molar-refractivity contribution is 0.458. The first-order valence-corrected chi connectivity index (χ1v) is 9.90. The molecule has 2 unspecified atom stereocenters. The molecule has 28 heavy (non-hydrogen) atoms. The second kappa shape index (κ2) is 6.99. The van der Waals surface area contributed by atoms with Crippen LogP contribution in [0.1, 0.15) is 57.3 Å². The average Bonchev–Trinajstić information content (AvgIpc) is 3.09. The number of hydrogen-bond acceptors (Lipinski definition) is 5. The van der Waals surface area contributed by atoms with Gasteiger partial charge in [0, 0.05) is 23.1 Å². The highest BCUT2D eigenvalue weighted by Gasteiger charge is 2.29. The van der Waals surface area contributed by atoms with Crippen molar-refractivity contribution in [3.05, 3.63) is 53.8 Å². The minimum absolute atomic E-state index is 0.158. The zero-order valence-corrected chi connectivity index (χ0v) is 16.9. The number of hydrazine groups is 1. The van der Waals surface area contributed by atoms with Gasteiger partial charge in [0.25, 0.3) is 0 Å². The van der Waals surface area contributed by atoms with Crippen LogP contribution in [0.4, 0.5) is 11.4 Å². The van der Waals surface area contributed by atoms with E-state index in [1.165, 1.54) is 11.1 Å². The van der Waals surface area contributed by atoms with Gasteiger partial charge in [-0.1, -0.05) is 38.1 Å². The van der Waals surface area contributed by atoms with E-state index in [0.29, 0.717) is 23.4 Å².